The second-order valence-electron chi connectivity index (χ2n) is 5.05. The minimum Gasteiger partial charge on any atom is -0.340 e. The van der Waals surface area contributed by atoms with Gasteiger partial charge in [0.05, 0.1) is 22.5 Å². The van der Waals surface area contributed by atoms with E-state index in [-0.39, 0.29) is 5.91 Å². The number of hydrogen-bond donors (Lipinski definition) is 0. The number of fused-ring (bicyclic) bond motifs is 1. The fourth-order valence-electron chi connectivity index (χ4n) is 2.08. The molecule has 0 saturated heterocycles. The molecule has 3 aromatic rings. The first-order valence-electron chi connectivity index (χ1n) is 7.01. The van der Waals surface area contributed by atoms with Crippen molar-refractivity contribution in [2.24, 2.45) is 0 Å². The van der Waals surface area contributed by atoms with Crippen molar-refractivity contribution in [1.29, 1.82) is 0 Å². The molecule has 23 heavy (non-hydrogen) atoms. The Balaban J connectivity index is 1.48. The van der Waals surface area contributed by atoms with E-state index in [0.717, 1.165) is 20.7 Å². The van der Waals surface area contributed by atoms with Gasteiger partial charge in [-0.1, -0.05) is 12.1 Å². The first-order valence-corrected chi connectivity index (χ1v) is 10.7. The van der Waals surface area contributed by atoms with E-state index in [1.165, 1.54) is 9.58 Å². The summed E-state index contributed by atoms with van der Waals surface area (Å²) >= 11 is 8.43. The number of thiophene rings is 1. The fourth-order valence-corrected chi connectivity index (χ4v) is 5.56. The molecular weight excluding hydrogens is 412 g/mol. The van der Waals surface area contributed by atoms with Gasteiger partial charge in [-0.25, -0.2) is 4.98 Å². The van der Waals surface area contributed by atoms with Gasteiger partial charge >= 0.3 is 0 Å². The highest BCUT2D eigenvalue weighted by molar-refractivity contribution is 9.10. The Kier molecular flexibility index (Phi) is 5.74. The topological polar surface area (TPSA) is 33.2 Å². The molecule has 0 spiro atoms. The molecule has 120 valence electrons. The van der Waals surface area contributed by atoms with Crippen LogP contribution in [0.4, 0.5) is 0 Å². The van der Waals surface area contributed by atoms with Crippen molar-refractivity contribution >= 4 is 66.5 Å². The molecule has 0 radical (unpaired) electrons. The number of para-hydroxylation sites is 1. The van der Waals surface area contributed by atoms with Crippen molar-refractivity contribution in [3.63, 3.8) is 0 Å². The quantitative estimate of drug-likeness (QED) is 0.554. The van der Waals surface area contributed by atoms with Crippen molar-refractivity contribution in [3.05, 3.63) is 50.1 Å². The lowest BCUT2D eigenvalue weighted by molar-refractivity contribution is -0.127. The van der Waals surface area contributed by atoms with Gasteiger partial charge in [0.1, 0.15) is 5.01 Å². The number of rotatable bonds is 6. The van der Waals surface area contributed by atoms with Gasteiger partial charge in [-0.2, -0.15) is 0 Å². The lowest BCUT2D eigenvalue weighted by Crippen LogP contribution is -2.27. The van der Waals surface area contributed by atoms with Crippen LogP contribution in [0.3, 0.4) is 0 Å². The summed E-state index contributed by atoms with van der Waals surface area (Å²) < 4.78 is 2.28. The highest BCUT2D eigenvalue weighted by Gasteiger charge is 2.11. The van der Waals surface area contributed by atoms with Crippen LogP contribution in [0.25, 0.3) is 10.2 Å². The largest absolute Gasteiger partial charge is 0.340 e. The first kappa shape index (κ1) is 17.0. The normalized spacial score (nSPS) is 11.0. The number of thiazole rings is 1. The maximum Gasteiger partial charge on any atom is 0.232 e. The van der Waals surface area contributed by atoms with Gasteiger partial charge in [0.25, 0.3) is 0 Å². The predicted octanol–water partition coefficient (Wildman–Crippen LogP) is 5.01. The van der Waals surface area contributed by atoms with Gasteiger partial charge in [0.15, 0.2) is 0 Å². The number of carbonyl (C=O) groups excluding carboxylic acids is 1. The Bertz CT molecular complexity index is 781. The van der Waals surface area contributed by atoms with Gasteiger partial charge in [0, 0.05) is 27.5 Å². The van der Waals surface area contributed by atoms with E-state index >= 15 is 0 Å². The van der Waals surface area contributed by atoms with Crippen molar-refractivity contribution < 1.29 is 4.79 Å². The molecule has 7 heteroatoms. The monoisotopic (exact) mass is 426 g/mol. The molecule has 0 atom stereocenters. The molecule has 3 rings (SSSR count). The minimum atomic E-state index is 0.153. The van der Waals surface area contributed by atoms with Crippen LogP contribution in [0.2, 0.25) is 0 Å². The van der Waals surface area contributed by atoms with Gasteiger partial charge in [-0.15, -0.1) is 34.4 Å². The Morgan fingerprint density at radius 3 is 2.96 bits per heavy atom. The molecule has 1 aromatic carbocycles. The SMILES string of the molecule is CN(Cc1cc(Br)cs1)C(=O)CSCc1nc2ccccc2s1. The van der Waals surface area contributed by atoms with E-state index in [0.29, 0.717) is 12.3 Å². The molecule has 0 aliphatic carbocycles. The Morgan fingerprint density at radius 1 is 1.39 bits per heavy atom. The third kappa shape index (κ3) is 4.56. The molecule has 0 fully saturated rings. The second kappa shape index (κ2) is 7.79. The number of thioether (sulfide) groups is 1. The van der Waals surface area contributed by atoms with Crippen LogP contribution in [-0.2, 0) is 17.1 Å². The summed E-state index contributed by atoms with van der Waals surface area (Å²) in [5.41, 5.74) is 1.04. The van der Waals surface area contributed by atoms with Crippen LogP contribution in [0, 0.1) is 0 Å². The van der Waals surface area contributed by atoms with Crippen LogP contribution in [-0.4, -0.2) is 28.6 Å². The van der Waals surface area contributed by atoms with Crippen LogP contribution < -0.4 is 0 Å². The maximum absolute atomic E-state index is 12.2. The summed E-state index contributed by atoms with van der Waals surface area (Å²) in [5, 5.41) is 3.11. The zero-order valence-corrected chi connectivity index (χ0v) is 16.5. The second-order valence-corrected chi connectivity index (χ2v) is 9.06. The van der Waals surface area contributed by atoms with Crippen LogP contribution in [0.1, 0.15) is 9.88 Å². The number of carbonyl (C=O) groups is 1. The standard InChI is InChI=1S/C16H15BrN2OS3/c1-19(7-12-6-11(17)8-22-12)16(20)10-21-9-15-18-13-4-2-3-5-14(13)23-15/h2-6,8H,7,9-10H2,1H3. The van der Waals surface area contributed by atoms with E-state index in [1.807, 2.05) is 30.6 Å². The molecule has 0 saturated carbocycles. The zero-order chi connectivity index (χ0) is 16.2. The smallest absolute Gasteiger partial charge is 0.232 e. The average molecular weight is 427 g/mol. The zero-order valence-electron chi connectivity index (χ0n) is 12.5. The number of halogens is 1. The molecule has 0 N–H and O–H groups in total. The molecule has 3 nitrogen and oxygen atoms in total. The van der Waals surface area contributed by atoms with E-state index in [9.17, 15) is 4.79 Å². The highest BCUT2D eigenvalue weighted by atomic mass is 79.9. The van der Waals surface area contributed by atoms with Crippen LogP contribution in [0.5, 0.6) is 0 Å². The maximum atomic E-state index is 12.2. The summed E-state index contributed by atoms with van der Waals surface area (Å²) in [6.07, 6.45) is 0. The number of nitrogens with zero attached hydrogens (tertiary/aromatic N) is 2. The van der Waals surface area contributed by atoms with E-state index in [4.69, 9.17) is 0 Å². The van der Waals surface area contributed by atoms with Crippen molar-refractivity contribution in [3.8, 4) is 0 Å². The summed E-state index contributed by atoms with van der Waals surface area (Å²) in [6, 6.07) is 10.2. The van der Waals surface area contributed by atoms with E-state index in [1.54, 1.807) is 39.3 Å². The summed E-state index contributed by atoms with van der Waals surface area (Å²) in [4.78, 5) is 19.8. The fraction of sp³-hybridized carbons (Fsp3) is 0.250. The number of aromatic nitrogens is 1. The Hall–Kier alpha value is -0.890. The number of hydrogen-bond acceptors (Lipinski definition) is 5. The van der Waals surface area contributed by atoms with Crippen molar-refractivity contribution in [2.75, 3.05) is 12.8 Å². The molecule has 1 amide bonds. The highest BCUT2D eigenvalue weighted by Crippen LogP contribution is 2.25. The van der Waals surface area contributed by atoms with E-state index in [2.05, 4.69) is 33.0 Å². The Morgan fingerprint density at radius 2 is 2.22 bits per heavy atom. The number of amides is 1. The molecule has 2 aromatic heterocycles. The average Bonchev–Trinajstić information content (AvgIpc) is 3.12. The van der Waals surface area contributed by atoms with Crippen molar-refractivity contribution in [1.82, 2.24) is 9.88 Å². The molecule has 0 bridgehead atoms. The molecular formula is C16H15BrN2OS3. The molecule has 0 aliphatic rings. The van der Waals surface area contributed by atoms with Gasteiger partial charge < -0.3 is 4.90 Å². The van der Waals surface area contributed by atoms with E-state index < -0.39 is 0 Å². The van der Waals surface area contributed by atoms with Gasteiger partial charge in [-0.3, -0.25) is 4.79 Å². The summed E-state index contributed by atoms with van der Waals surface area (Å²) in [7, 11) is 1.86. The lowest BCUT2D eigenvalue weighted by atomic mass is 10.3. The predicted molar refractivity (Wildman–Crippen MR) is 104 cm³/mol. The third-order valence-electron chi connectivity index (χ3n) is 3.23. The summed E-state index contributed by atoms with van der Waals surface area (Å²) in [6.45, 7) is 0.663. The number of benzene rings is 1. The first-order chi connectivity index (χ1) is 11.1. The van der Waals surface area contributed by atoms with Gasteiger partial charge in [-0.05, 0) is 34.1 Å². The minimum absolute atomic E-state index is 0.153. The lowest BCUT2D eigenvalue weighted by Gasteiger charge is -2.15. The molecule has 0 unspecified atom stereocenters. The molecule has 0 aliphatic heterocycles. The van der Waals surface area contributed by atoms with Crippen molar-refractivity contribution in [2.45, 2.75) is 12.3 Å². The molecule has 2 heterocycles. The van der Waals surface area contributed by atoms with Crippen LogP contribution >= 0.6 is 50.4 Å². The summed E-state index contributed by atoms with van der Waals surface area (Å²) in [5.74, 6) is 1.42. The Labute approximate surface area is 155 Å². The van der Waals surface area contributed by atoms with Gasteiger partial charge in [0.2, 0.25) is 5.91 Å². The third-order valence-corrected chi connectivity index (χ3v) is 7.06. The van der Waals surface area contributed by atoms with Crippen LogP contribution in [0.15, 0.2) is 40.2 Å².